The van der Waals surface area contributed by atoms with E-state index in [1.54, 1.807) is 38.3 Å². The summed E-state index contributed by atoms with van der Waals surface area (Å²) >= 11 is 6.38. The molecule has 1 atom stereocenters. The fourth-order valence-electron chi connectivity index (χ4n) is 4.79. The number of aromatic nitrogens is 1. The van der Waals surface area contributed by atoms with Gasteiger partial charge in [-0.3, -0.25) is 9.88 Å². The van der Waals surface area contributed by atoms with Crippen LogP contribution in [0.3, 0.4) is 0 Å². The molecule has 4 rings (SSSR count). The number of likely N-dealkylation sites (tertiary alicyclic amines) is 1. The lowest BCUT2D eigenvalue weighted by molar-refractivity contribution is 0.0344. The molecule has 0 aliphatic carbocycles. The highest BCUT2D eigenvalue weighted by atomic mass is 35.5. The molecule has 1 aliphatic heterocycles. The van der Waals surface area contributed by atoms with E-state index in [1.807, 2.05) is 6.07 Å². The Bertz CT molecular complexity index is 1280. The van der Waals surface area contributed by atoms with Crippen molar-refractivity contribution in [2.45, 2.75) is 38.8 Å². The summed E-state index contributed by atoms with van der Waals surface area (Å²) in [4.78, 5) is 6.53. The highest BCUT2D eigenvalue weighted by Gasteiger charge is 2.35. The van der Waals surface area contributed by atoms with Crippen molar-refractivity contribution in [3.05, 3.63) is 70.1 Å². The van der Waals surface area contributed by atoms with Crippen molar-refractivity contribution in [1.29, 1.82) is 0 Å². The van der Waals surface area contributed by atoms with Crippen molar-refractivity contribution in [3.63, 3.8) is 0 Å². The lowest BCUT2D eigenvalue weighted by atomic mass is 9.74. The summed E-state index contributed by atoms with van der Waals surface area (Å²) in [5, 5.41) is 11.2. The Hall–Kier alpha value is -2.72. The van der Waals surface area contributed by atoms with Gasteiger partial charge in [0.05, 0.1) is 24.2 Å². The molecule has 1 fully saturated rings. The fourth-order valence-corrected chi connectivity index (χ4v) is 5.06. The molecule has 1 saturated heterocycles. The largest absolute Gasteiger partial charge is 0.497 e. The summed E-state index contributed by atoms with van der Waals surface area (Å²) in [5.74, 6) is 6.52. The van der Waals surface area contributed by atoms with Gasteiger partial charge in [-0.1, -0.05) is 29.5 Å². The molecule has 190 valence electrons. The van der Waals surface area contributed by atoms with E-state index in [4.69, 9.17) is 16.3 Å². The predicted octanol–water partition coefficient (Wildman–Crippen LogP) is 6.26. The minimum absolute atomic E-state index is 0.0144. The number of alkyl halides is 1. The van der Waals surface area contributed by atoms with E-state index in [-0.39, 0.29) is 24.3 Å². The number of hydrogen-bond donors (Lipinski definition) is 1. The number of ether oxygens (including phenoxy) is 1. The molecule has 2 aromatic carbocycles. The molecule has 1 aliphatic rings. The number of nitrogens with zero attached hydrogens (tertiary/aromatic N) is 2. The van der Waals surface area contributed by atoms with Crippen LogP contribution in [0.4, 0.5) is 8.78 Å². The average Bonchev–Trinajstić information content (AvgIpc) is 2.89. The van der Waals surface area contributed by atoms with Gasteiger partial charge >= 0.3 is 0 Å². The second-order valence-electron chi connectivity index (χ2n) is 9.61. The van der Waals surface area contributed by atoms with Crippen LogP contribution in [-0.4, -0.2) is 48.3 Å². The van der Waals surface area contributed by atoms with Crippen LogP contribution in [0.25, 0.3) is 10.9 Å². The number of halogens is 3. The molecule has 2 heterocycles. The Morgan fingerprint density at radius 3 is 2.69 bits per heavy atom. The van der Waals surface area contributed by atoms with Crippen LogP contribution in [0.2, 0.25) is 5.02 Å². The fraction of sp³-hybridized carbons (Fsp3) is 0.414. The van der Waals surface area contributed by atoms with E-state index in [9.17, 15) is 9.50 Å². The Labute approximate surface area is 216 Å². The number of fused-ring (bicyclic) bond motifs is 1. The second kappa shape index (κ2) is 11.6. The number of rotatable bonds is 7. The third-order valence-electron chi connectivity index (χ3n) is 7.27. The van der Waals surface area contributed by atoms with E-state index < -0.39 is 6.17 Å². The van der Waals surface area contributed by atoms with Crippen LogP contribution in [0.1, 0.15) is 48.5 Å². The molecule has 0 amide bonds. The smallest absolute Gasteiger partial charge is 0.127 e. The Morgan fingerprint density at radius 2 is 2.00 bits per heavy atom. The highest BCUT2D eigenvalue weighted by Crippen LogP contribution is 2.41. The van der Waals surface area contributed by atoms with E-state index in [2.05, 4.69) is 21.7 Å². The van der Waals surface area contributed by atoms with Crippen LogP contribution in [0.15, 0.2) is 42.6 Å². The number of hydrogen-bond acceptors (Lipinski definition) is 4. The molecule has 1 aromatic heterocycles. The third kappa shape index (κ3) is 5.98. The van der Waals surface area contributed by atoms with E-state index >= 15 is 4.39 Å². The maximum atomic E-state index is 15.6. The minimum atomic E-state index is -1.28. The van der Waals surface area contributed by atoms with Gasteiger partial charge in [0, 0.05) is 29.3 Å². The number of aliphatic hydroxyl groups excluding tert-OH is 1. The molecule has 0 bridgehead atoms. The molecule has 0 spiro atoms. The first-order valence-corrected chi connectivity index (χ1v) is 12.6. The summed E-state index contributed by atoms with van der Waals surface area (Å²) in [5.41, 5.74) is 2.02. The van der Waals surface area contributed by atoms with Crippen molar-refractivity contribution in [2.24, 2.45) is 5.41 Å². The number of piperidine rings is 1. The molecule has 3 aromatic rings. The SMILES string of the molecule is COc1ccc2ncc(Cl)c([C@@H](F)CCC3(CO)CCN(CC#Cc4ccc(C)c(F)c4)CC3)c2c1. The van der Waals surface area contributed by atoms with Crippen molar-refractivity contribution < 1.29 is 18.6 Å². The maximum Gasteiger partial charge on any atom is 0.127 e. The standard InChI is InChI=1S/C29H31ClF2N2O2/c1-20-5-6-21(16-26(20)32)4-3-13-34-14-11-29(19-35,12-15-34)10-9-25(31)28-23-17-22(36-2)7-8-27(23)33-18-24(28)30/h5-8,16-18,25,35H,9-15,19H2,1-2H3/t25-/m0/s1. The van der Waals surface area contributed by atoms with Gasteiger partial charge in [0.2, 0.25) is 0 Å². The monoisotopic (exact) mass is 512 g/mol. The topological polar surface area (TPSA) is 45.6 Å². The van der Waals surface area contributed by atoms with Gasteiger partial charge in [-0.05, 0) is 87.0 Å². The Balaban J connectivity index is 1.37. The number of pyridine rings is 1. The molecule has 7 heteroatoms. The van der Waals surface area contributed by atoms with Gasteiger partial charge in [-0.2, -0.15) is 0 Å². The zero-order valence-electron chi connectivity index (χ0n) is 20.7. The summed E-state index contributed by atoms with van der Waals surface area (Å²) < 4.78 is 34.6. The van der Waals surface area contributed by atoms with Crippen molar-refractivity contribution >= 4 is 22.5 Å². The van der Waals surface area contributed by atoms with E-state index in [0.29, 0.717) is 51.3 Å². The maximum absolute atomic E-state index is 15.6. The van der Waals surface area contributed by atoms with Crippen LogP contribution >= 0.6 is 11.6 Å². The zero-order chi connectivity index (χ0) is 25.7. The number of aliphatic hydroxyl groups is 1. The lowest BCUT2D eigenvalue weighted by Crippen LogP contribution is -2.42. The first kappa shape index (κ1) is 26.3. The molecule has 1 N–H and O–H groups in total. The van der Waals surface area contributed by atoms with Gasteiger partial charge in [-0.15, -0.1) is 0 Å². The van der Waals surface area contributed by atoms with E-state index in [0.717, 1.165) is 25.9 Å². The Kier molecular flexibility index (Phi) is 8.46. The highest BCUT2D eigenvalue weighted by molar-refractivity contribution is 6.32. The van der Waals surface area contributed by atoms with Gasteiger partial charge in [0.15, 0.2) is 0 Å². The van der Waals surface area contributed by atoms with Gasteiger partial charge < -0.3 is 9.84 Å². The number of aryl methyl sites for hydroxylation is 1. The summed E-state index contributed by atoms with van der Waals surface area (Å²) in [6.45, 7) is 3.85. The van der Waals surface area contributed by atoms with Crippen molar-refractivity contribution in [3.8, 4) is 17.6 Å². The van der Waals surface area contributed by atoms with Gasteiger partial charge in [0.25, 0.3) is 0 Å². The van der Waals surface area contributed by atoms with Crippen LogP contribution in [-0.2, 0) is 0 Å². The van der Waals surface area contributed by atoms with Gasteiger partial charge in [-0.25, -0.2) is 8.78 Å². The molecular weight excluding hydrogens is 482 g/mol. The summed E-state index contributed by atoms with van der Waals surface area (Å²) in [7, 11) is 1.57. The van der Waals surface area contributed by atoms with Crippen LogP contribution < -0.4 is 4.74 Å². The van der Waals surface area contributed by atoms with Crippen molar-refractivity contribution in [2.75, 3.05) is 33.4 Å². The van der Waals surface area contributed by atoms with Crippen LogP contribution in [0.5, 0.6) is 5.75 Å². The van der Waals surface area contributed by atoms with Crippen molar-refractivity contribution in [1.82, 2.24) is 9.88 Å². The zero-order valence-corrected chi connectivity index (χ0v) is 21.4. The molecule has 0 saturated carbocycles. The lowest BCUT2D eigenvalue weighted by Gasteiger charge is -2.40. The first-order valence-electron chi connectivity index (χ1n) is 12.2. The first-order chi connectivity index (χ1) is 17.3. The summed E-state index contributed by atoms with van der Waals surface area (Å²) in [6, 6.07) is 10.4. The molecule has 0 unspecified atom stereocenters. The van der Waals surface area contributed by atoms with Crippen LogP contribution in [0, 0.1) is 30.0 Å². The number of methoxy groups -OCH3 is 1. The molecule has 0 radical (unpaired) electrons. The summed E-state index contributed by atoms with van der Waals surface area (Å²) in [6.07, 6.45) is 2.54. The number of benzene rings is 2. The molecule has 4 nitrogen and oxygen atoms in total. The minimum Gasteiger partial charge on any atom is -0.497 e. The quantitative estimate of drug-likeness (QED) is 0.379. The van der Waals surface area contributed by atoms with E-state index in [1.165, 1.54) is 12.3 Å². The molecular formula is C29H31ClF2N2O2. The normalized spacial score (nSPS) is 16.4. The predicted molar refractivity (Wildman–Crippen MR) is 140 cm³/mol. The second-order valence-corrected chi connectivity index (χ2v) is 10.0. The Morgan fingerprint density at radius 1 is 1.22 bits per heavy atom. The average molecular weight is 513 g/mol. The molecule has 36 heavy (non-hydrogen) atoms. The van der Waals surface area contributed by atoms with Gasteiger partial charge in [0.1, 0.15) is 17.7 Å². The third-order valence-corrected chi connectivity index (χ3v) is 7.57.